The van der Waals surface area contributed by atoms with Crippen LogP contribution in [0.5, 0.6) is 0 Å². The number of halogens is 2. The zero-order valence-corrected chi connectivity index (χ0v) is 12.4. The Morgan fingerprint density at radius 3 is 2.47 bits per heavy atom. The summed E-state index contributed by atoms with van der Waals surface area (Å²) in [4.78, 5) is 12.3. The average Bonchev–Trinajstić information content (AvgIpc) is 2.58. The van der Waals surface area contributed by atoms with Crippen LogP contribution in [0.15, 0.2) is 22.7 Å². The zero-order valence-electron chi connectivity index (χ0n) is 10.8. The van der Waals surface area contributed by atoms with Gasteiger partial charge in [-0.05, 0) is 30.5 Å². The molecular weight excluding hydrogens is 311 g/mol. The lowest BCUT2D eigenvalue weighted by atomic mass is 9.86. The van der Waals surface area contributed by atoms with E-state index in [2.05, 4.69) is 15.9 Å². The summed E-state index contributed by atoms with van der Waals surface area (Å²) in [5.74, 6) is -0.657. The van der Waals surface area contributed by atoms with Crippen LogP contribution in [0.2, 0.25) is 0 Å². The lowest BCUT2D eigenvalue weighted by Crippen LogP contribution is -2.39. The van der Waals surface area contributed by atoms with E-state index in [-0.39, 0.29) is 12.2 Å². The molecule has 1 aliphatic rings. The maximum Gasteiger partial charge on any atom is 0.168 e. The van der Waals surface area contributed by atoms with E-state index in [0.717, 1.165) is 25.7 Å². The van der Waals surface area contributed by atoms with Crippen molar-refractivity contribution >= 4 is 21.7 Å². The Hall–Kier alpha value is -0.740. The maximum atomic E-state index is 13.7. The van der Waals surface area contributed by atoms with Gasteiger partial charge < -0.3 is 5.11 Å². The first kappa shape index (κ1) is 14.7. The highest BCUT2D eigenvalue weighted by Crippen LogP contribution is 2.29. The molecule has 0 aliphatic heterocycles. The minimum absolute atomic E-state index is 0.0321. The van der Waals surface area contributed by atoms with Crippen LogP contribution >= 0.6 is 15.9 Å². The predicted octanol–water partition coefficient (Wildman–Crippen LogP) is 3.79. The summed E-state index contributed by atoms with van der Waals surface area (Å²) in [6.45, 7) is 0. The van der Waals surface area contributed by atoms with E-state index in [4.69, 9.17) is 0 Å². The maximum absolute atomic E-state index is 13.7. The first-order valence-corrected chi connectivity index (χ1v) is 7.50. The van der Waals surface area contributed by atoms with Crippen LogP contribution in [0.3, 0.4) is 0 Å². The third kappa shape index (κ3) is 3.63. The topological polar surface area (TPSA) is 37.3 Å². The first-order chi connectivity index (χ1) is 9.01. The smallest absolute Gasteiger partial charge is 0.168 e. The van der Waals surface area contributed by atoms with Gasteiger partial charge in [-0.15, -0.1) is 0 Å². The Morgan fingerprint density at radius 1 is 1.26 bits per heavy atom. The molecule has 0 saturated heterocycles. The van der Waals surface area contributed by atoms with Crippen LogP contribution in [-0.2, 0) is 11.2 Å². The number of benzene rings is 1. The molecule has 2 rings (SSSR count). The lowest BCUT2D eigenvalue weighted by Gasteiger charge is -2.25. The number of hydrogen-bond donors (Lipinski definition) is 1. The monoisotopic (exact) mass is 328 g/mol. The summed E-state index contributed by atoms with van der Waals surface area (Å²) >= 11 is 3.19. The highest BCUT2D eigenvalue weighted by molar-refractivity contribution is 9.10. The fourth-order valence-corrected chi connectivity index (χ4v) is 2.93. The normalized spacial score (nSPS) is 18.9. The second kappa shape index (κ2) is 6.14. The summed E-state index contributed by atoms with van der Waals surface area (Å²) in [5, 5.41) is 10.4. The molecular formula is C15H18BrFO2. The molecule has 0 atom stereocenters. The number of aliphatic hydroxyl groups is 1. The van der Waals surface area contributed by atoms with Crippen LogP contribution in [0, 0.1) is 5.82 Å². The third-order valence-corrected chi connectivity index (χ3v) is 4.31. The van der Waals surface area contributed by atoms with Gasteiger partial charge in [-0.3, -0.25) is 4.79 Å². The summed E-state index contributed by atoms with van der Waals surface area (Å²) in [5.41, 5.74) is -0.901. The van der Waals surface area contributed by atoms with Gasteiger partial charge in [0.25, 0.3) is 0 Å². The molecule has 0 spiro atoms. The fourth-order valence-electron chi connectivity index (χ4n) is 2.59. The summed E-state index contributed by atoms with van der Waals surface area (Å²) in [6, 6.07) is 4.65. The molecule has 1 aromatic rings. The van der Waals surface area contributed by atoms with Crippen LogP contribution < -0.4 is 0 Å². The van der Waals surface area contributed by atoms with E-state index >= 15 is 0 Å². The SMILES string of the molecule is O=C(Cc1ccc(Br)cc1F)C1(O)CCCCCC1. The standard InChI is InChI=1S/C15H18BrFO2/c16-12-6-5-11(13(17)10-12)9-14(18)15(19)7-3-1-2-4-8-15/h5-6,10,19H,1-4,7-9H2. The van der Waals surface area contributed by atoms with Gasteiger partial charge in [-0.25, -0.2) is 4.39 Å². The largest absolute Gasteiger partial charge is 0.382 e. The molecule has 1 saturated carbocycles. The highest BCUT2D eigenvalue weighted by atomic mass is 79.9. The molecule has 0 heterocycles. The van der Waals surface area contributed by atoms with Gasteiger partial charge >= 0.3 is 0 Å². The number of rotatable bonds is 3. The minimum Gasteiger partial charge on any atom is -0.382 e. The molecule has 0 bridgehead atoms. The van der Waals surface area contributed by atoms with Crippen LogP contribution in [0.25, 0.3) is 0 Å². The Morgan fingerprint density at radius 2 is 1.89 bits per heavy atom. The Kier molecular flexibility index (Phi) is 4.74. The Labute approximate surface area is 121 Å². The highest BCUT2D eigenvalue weighted by Gasteiger charge is 2.35. The molecule has 0 aromatic heterocycles. The van der Waals surface area contributed by atoms with E-state index in [0.29, 0.717) is 22.9 Å². The number of ketones is 1. The van der Waals surface area contributed by atoms with Gasteiger partial charge in [0.05, 0.1) is 0 Å². The van der Waals surface area contributed by atoms with E-state index in [9.17, 15) is 14.3 Å². The summed E-state index contributed by atoms with van der Waals surface area (Å²) in [6.07, 6.45) is 4.82. The van der Waals surface area contributed by atoms with Crippen LogP contribution in [0.4, 0.5) is 4.39 Å². The van der Waals surface area contributed by atoms with Crippen molar-refractivity contribution in [2.75, 3.05) is 0 Å². The minimum atomic E-state index is -1.25. The van der Waals surface area contributed by atoms with Gasteiger partial charge in [-0.1, -0.05) is 47.7 Å². The molecule has 1 aliphatic carbocycles. The van der Waals surface area contributed by atoms with Crippen molar-refractivity contribution in [1.82, 2.24) is 0 Å². The quantitative estimate of drug-likeness (QED) is 0.857. The number of carbonyl (C=O) groups is 1. The van der Waals surface area contributed by atoms with Gasteiger partial charge in [0.1, 0.15) is 11.4 Å². The second-order valence-electron chi connectivity index (χ2n) is 5.28. The molecule has 0 amide bonds. The van der Waals surface area contributed by atoms with Crippen molar-refractivity contribution in [2.24, 2.45) is 0 Å². The van der Waals surface area contributed by atoms with Crippen molar-refractivity contribution in [3.63, 3.8) is 0 Å². The second-order valence-corrected chi connectivity index (χ2v) is 6.20. The average molecular weight is 329 g/mol. The van der Waals surface area contributed by atoms with E-state index in [1.165, 1.54) is 6.07 Å². The lowest BCUT2D eigenvalue weighted by molar-refractivity contribution is -0.138. The Balaban J connectivity index is 2.11. The molecule has 1 aromatic carbocycles. The summed E-state index contributed by atoms with van der Waals surface area (Å²) < 4.78 is 14.4. The van der Waals surface area contributed by atoms with E-state index < -0.39 is 11.4 Å². The number of Topliss-reactive ketones (excluding diaryl/α,β-unsaturated/α-hetero) is 1. The molecule has 1 N–H and O–H groups in total. The van der Waals surface area contributed by atoms with Gasteiger partial charge in [0.15, 0.2) is 5.78 Å². The van der Waals surface area contributed by atoms with Gasteiger partial charge in [0, 0.05) is 10.9 Å². The van der Waals surface area contributed by atoms with Crippen molar-refractivity contribution in [3.05, 3.63) is 34.1 Å². The predicted molar refractivity (Wildman–Crippen MR) is 75.5 cm³/mol. The van der Waals surface area contributed by atoms with E-state index in [1.54, 1.807) is 12.1 Å². The molecule has 0 radical (unpaired) electrons. The molecule has 4 heteroatoms. The molecule has 0 unspecified atom stereocenters. The number of hydrogen-bond acceptors (Lipinski definition) is 2. The fraction of sp³-hybridized carbons (Fsp3) is 0.533. The van der Waals surface area contributed by atoms with Crippen molar-refractivity contribution in [2.45, 2.75) is 50.5 Å². The number of carbonyl (C=O) groups excluding carboxylic acids is 1. The van der Waals surface area contributed by atoms with Gasteiger partial charge in [-0.2, -0.15) is 0 Å². The molecule has 2 nitrogen and oxygen atoms in total. The molecule has 1 fully saturated rings. The summed E-state index contributed by atoms with van der Waals surface area (Å²) in [7, 11) is 0. The van der Waals surface area contributed by atoms with Gasteiger partial charge in [0.2, 0.25) is 0 Å². The van der Waals surface area contributed by atoms with Crippen molar-refractivity contribution < 1.29 is 14.3 Å². The first-order valence-electron chi connectivity index (χ1n) is 6.71. The van der Waals surface area contributed by atoms with Crippen molar-refractivity contribution in [1.29, 1.82) is 0 Å². The zero-order chi connectivity index (χ0) is 13.9. The molecule has 19 heavy (non-hydrogen) atoms. The molecule has 104 valence electrons. The van der Waals surface area contributed by atoms with Crippen LogP contribution in [-0.4, -0.2) is 16.5 Å². The van der Waals surface area contributed by atoms with Crippen LogP contribution in [0.1, 0.15) is 44.1 Å². The van der Waals surface area contributed by atoms with Crippen molar-refractivity contribution in [3.8, 4) is 0 Å². The third-order valence-electron chi connectivity index (χ3n) is 3.82. The van der Waals surface area contributed by atoms with E-state index in [1.807, 2.05) is 0 Å². The Bertz CT molecular complexity index is 465.